The summed E-state index contributed by atoms with van der Waals surface area (Å²) in [6.07, 6.45) is 3.46. The number of anilines is 1. The number of pyridine rings is 1. The van der Waals surface area contributed by atoms with Crippen LogP contribution >= 0.6 is 23.1 Å². The second-order valence-corrected chi connectivity index (χ2v) is 6.88. The molecule has 0 atom stereocenters. The second-order valence-electron chi connectivity index (χ2n) is 4.76. The summed E-state index contributed by atoms with van der Waals surface area (Å²) in [5.41, 5.74) is 0.896. The molecule has 0 bridgehead atoms. The largest absolute Gasteiger partial charge is 0.302 e. The van der Waals surface area contributed by atoms with Crippen LogP contribution < -0.4 is 5.32 Å². The van der Waals surface area contributed by atoms with Crippen molar-refractivity contribution in [1.82, 2.24) is 29.9 Å². The van der Waals surface area contributed by atoms with Crippen LogP contribution in [0.15, 0.2) is 29.7 Å². The van der Waals surface area contributed by atoms with Gasteiger partial charge in [-0.2, -0.15) is 0 Å². The van der Waals surface area contributed by atoms with Crippen LogP contribution in [0.1, 0.15) is 11.9 Å². The molecule has 3 aromatic heterocycles. The monoisotopic (exact) mass is 361 g/mol. The van der Waals surface area contributed by atoms with E-state index in [1.54, 1.807) is 12.4 Å². The molecule has 24 heavy (non-hydrogen) atoms. The van der Waals surface area contributed by atoms with Crippen LogP contribution in [0.5, 0.6) is 0 Å². The van der Waals surface area contributed by atoms with Crippen LogP contribution in [0.3, 0.4) is 0 Å². The van der Waals surface area contributed by atoms with Gasteiger partial charge in [-0.3, -0.25) is 15.1 Å². The van der Waals surface area contributed by atoms with Gasteiger partial charge >= 0.3 is 0 Å². The Morgan fingerprint density at radius 1 is 1.33 bits per heavy atom. The first-order valence-corrected chi connectivity index (χ1v) is 9.04. The van der Waals surface area contributed by atoms with Crippen molar-refractivity contribution in [2.45, 2.75) is 25.5 Å². The summed E-state index contributed by atoms with van der Waals surface area (Å²) in [5, 5.41) is 20.9. The van der Waals surface area contributed by atoms with Gasteiger partial charge in [-0.25, -0.2) is 0 Å². The number of nitrogens with one attached hydrogen (secondary N) is 1. The summed E-state index contributed by atoms with van der Waals surface area (Å²) in [4.78, 5) is 16.1. The van der Waals surface area contributed by atoms with E-state index in [0.29, 0.717) is 16.8 Å². The molecular weight excluding hydrogens is 346 g/mol. The summed E-state index contributed by atoms with van der Waals surface area (Å²) in [5.74, 6) is 0.821. The number of carbonyl (C=O) groups is 1. The second kappa shape index (κ2) is 7.49. The van der Waals surface area contributed by atoms with Gasteiger partial charge in [-0.15, -0.1) is 20.4 Å². The van der Waals surface area contributed by atoms with Crippen molar-refractivity contribution < 1.29 is 4.79 Å². The number of hydrogen-bond acceptors (Lipinski definition) is 8. The molecule has 124 valence electrons. The molecule has 0 spiro atoms. The average Bonchev–Trinajstić information content (AvgIpc) is 3.19. The van der Waals surface area contributed by atoms with Crippen LogP contribution in [0, 0.1) is 6.92 Å². The van der Waals surface area contributed by atoms with Gasteiger partial charge < -0.3 is 4.57 Å². The number of thioether (sulfide) groups is 1. The van der Waals surface area contributed by atoms with Crippen molar-refractivity contribution in [3.8, 4) is 11.4 Å². The SMILES string of the molecule is CCn1c(SCC(=O)Nc2nnc(C)s2)nnc1-c1cccnc1. The molecule has 3 rings (SSSR count). The van der Waals surface area contributed by atoms with E-state index in [2.05, 4.69) is 30.7 Å². The van der Waals surface area contributed by atoms with Crippen LogP contribution in [0.4, 0.5) is 5.13 Å². The predicted octanol–water partition coefficient (Wildman–Crippen LogP) is 2.25. The minimum absolute atomic E-state index is 0.148. The maximum atomic E-state index is 12.0. The normalized spacial score (nSPS) is 10.8. The van der Waals surface area contributed by atoms with Gasteiger partial charge in [-0.05, 0) is 26.0 Å². The lowest BCUT2D eigenvalue weighted by Gasteiger charge is -2.06. The summed E-state index contributed by atoms with van der Waals surface area (Å²) in [7, 11) is 0. The predicted molar refractivity (Wildman–Crippen MR) is 92.9 cm³/mol. The number of rotatable bonds is 6. The van der Waals surface area contributed by atoms with Crippen molar-refractivity contribution in [3.05, 3.63) is 29.5 Å². The molecular formula is C14H15N7OS2. The van der Waals surface area contributed by atoms with Crippen molar-refractivity contribution in [2.24, 2.45) is 0 Å². The molecule has 1 amide bonds. The molecule has 0 aliphatic carbocycles. The van der Waals surface area contributed by atoms with Gasteiger partial charge in [0.2, 0.25) is 11.0 Å². The molecule has 0 aliphatic rings. The highest BCUT2D eigenvalue weighted by molar-refractivity contribution is 7.99. The van der Waals surface area contributed by atoms with Gasteiger partial charge in [0.25, 0.3) is 0 Å². The molecule has 0 saturated heterocycles. The van der Waals surface area contributed by atoms with E-state index in [-0.39, 0.29) is 11.7 Å². The lowest BCUT2D eigenvalue weighted by atomic mass is 10.3. The first-order valence-electron chi connectivity index (χ1n) is 7.23. The maximum Gasteiger partial charge on any atom is 0.236 e. The molecule has 0 saturated carbocycles. The summed E-state index contributed by atoms with van der Waals surface area (Å²) < 4.78 is 1.96. The zero-order valence-corrected chi connectivity index (χ0v) is 14.8. The molecule has 10 heteroatoms. The van der Waals surface area contributed by atoms with Crippen LogP contribution in [-0.2, 0) is 11.3 Å². The number of aromatic nitrogens is 6. The van der Waals surface area contributed by atoms with E-state index in [1.807, 2.05) is 30.5 Å². The molecule has 0 fully saturated rings. The highest BCUT2D eigenvalue weighted by Crippen LogP contribution is 2.23. The number of amides is 1. The maximum absolute atomic E-state index is 12.0. The fourth-order valence-corrected chi connectivity index (χ4v) is 3.43. The first-order chi connectivity index (χ1) is 11.7. The van der Waals surface area contributed by atoms with Crippen LogP contribution in [0.25, 0.3) is 11.4 Å². The highest BCUT2D eigenvalue weighted by atomic mass is 32.2. The summed E-state index contributed by atoms with van der Waals surface area (Å²) in [6.45, 7) is 4.56. The zero-order chi connectivity index (χ0) is 16.9. The lowest BCUT2D eigenvalue weighted by molar-refractivity contribution is -0.113. The Hall–Kier alpha value is -2.33. The molecule has 0 unspecified atom stereocenters. The number of hydrogen-bond donors (Lipinski definition) is 1. The van der Waals surface area contributed by atoms with Gasteiger partial charge in [0.15, 0.2) is 11.0 Å². The fraction of sp³-hybridized carbons (Fsp3) is 0.286. The Balaban J connectivity index is 1.67. The van der Waals surface area contributed by atoms with Gasteiger partial charge in [0.1, 0.15) is 5.01 Å². The molecule has 1 N–H and O–H groups in total. The first kappa shape index (κ1) is 16.5. The molecule has 0 aliphatic heterocycles. The molecule has 0 radical (unpaired) electrons. The molecule has 0 aromatic carbocycles. The Morgan fingerprint density at radius 3 is 2.88 bits per heavy atom. The summed E-state index contributed by atoms with van der Waals surface area (Å²) in [6, 6.07) is 3.79. The third kappa shape index (κ3) is 3.77. The van der Waals surface area contributed by atoms with E-state index in [4.69, 9.17) is 0 Å². The van der Waals surface area contributed by atoms with Crippen LogP contribution in [0.2, 0.25) is 0 Å². The molecule has 3 heterocycles. The standard InChI is InChI=1S/C14H15N7OS2/c1-3-21-12(10-5-4-6-15-7-10)18-20-14(21)23-8-11(22)16-13-19-17-9(2)24-13/h4-7H,3,8H2,1-2H3,(H,16,19,22). The Labute approximate surface area is 146 Å². The van der Waals surface area contributed by atoms with Gasteiger partial charge in [0.05, 0.1) is 5.75 Å². The fourth-order valence-electron chi connectivity index (χ4n) is 2.02. The van der Waals surface area contributed by atoms with Crippen molar-refractivity contribution in [3.63, 3.8) is 0 Å². The number of nitrogens with zero attached hydrogens (tertiary/aromatic N) is 6. The van der Waals surface area contributed by atoms with Crippen LogP contribution in [-0.4, -0.2) is 41.6 Å². The smallest absolute Gasteiger partial charge is 0.236 e. The Morgan fingerprint density at radius 2 is 2.21 bits per heavy atom. The quantitative estimate of drug-likeness (QED) is 0.672. The Kier molecular flexibility index (Phi) is 5.16. The zero-order valence-electron chi connectivity index (χ0n) is 13.1. The Bertz CT molecular complexity index is 831. The van der Waals surface area contributed by atoms with Gasteiger partial charge in [0, 0.05) is 24.5 Å². The lowest BCUT2D eigenvalue weighted by Crippen LogP contribution is -2.14. The molecule has 3 aromatic rings. The third-order valence-electron chi connectivity index (χ3n) is 3.06. The highest BCUT2D eigenvalue weighted by Gasteiger charge is 2.15. The van der Waals surface area contributed by atoms with E-state index >= 15 is 0 Å². The van der Waals surface area contributed by atoms with Crippen molar-refractivity contribution >= 4 is 34.1 Å². The van der Waals surface area contributed by atoms with E-state index < -0.39 is 0 Å². The van der Waals surface area contributed by atoms with Crippen molar-refractivity contribution in [2.75, 3.05) is 11.1 Å². The van der Waals surface area contributed by atoms with E-state index in [1.165, 1.54) is 23.1 Å². The van der Waals surface area contributed by atoms with E-state index in [9.17, 15) is 4.79 Å². The summed E-state index contributed by atoms with van der Waals surface area (Å²) >= 11 is 2.68. The average molecular weight is 361 g/mol. The minimum atomic E-state index is -0.148. The van der Waals surface area contributed by atoms with Gasteiger partial charge in [-0.1, -0.05) is 23.1 Å². The topological polar surface area (TPSA) is 98.5 Å². The third-order valence-corrected chi connectivity index (χ3v) is 4.78. The van der Waals surface area contributed by atoms with Crippen molar-refractivity contribution in [1.29, 1.82) is 0 Å². The minimum Gasteiger partial charge on any atom is -0.302 e. The number of aryl methyl sites for hydroxylation is 1. The van der Waals surface area contributed by atoms with E-state index in [0.717, 1.165) is 16.4 Å². The number of carbonyl (C=O) groups excluding carboxylic acids is 1. The molecule has 8 nitrogen and oxygen atoms in total.